The van der Waals surface area contributed by atoms with Gasteiger partial charge in [0, 0.05) is 44.5 Å². The number of carbonyl (C=O) groups is 1. The van der Waals surface area contributed by atoms with Crippen molar-refractivity contribution < 1.29 is 13.2 Å². The van der Waals surface area contributed by atoms with Crippen LogP contribution in [-0.4, -0.2) is 51.9 Å². The van der Waals surface area contributed by atoms with Gasteiger partial charge in [-0.15, -0.1) is 0 Å². The molecule has 0 radical (unpaired) electrons. The predicted octanol–water partition coefficient (Wildman–Crippen LogP) is 3.28. The maximum atomic E-state index is 12.8. The Kier molecular flexibility index (Phi) is 8.22. The van der Waals surface area contributed by atoms with Gasteiger partial charge in [0.25, 0.3) is 5.91 Å². The summed E-state index contributed by atoms with van der Waals surface area (Å²) in [5, 5.41) is 2.89. The molecule has 2 aromatic rings. The topological polar surface area (TPSA) is 69.7 Å². The highest BCUT2D eigenvalue weighted by molar-refractivity contribution is 7.89. The summed E-state index contributed by atoms with van der Waals surface area (Å²) in [4.78, 5) is 14.8. The summed E-state index contributed by atoms with van der Waals surface area (Å²) in [7, 11) is -1.59. The summed E-state index contributed by atoms with van der Waals surface area (Å²) >= 11 is 0. The number of carbonyl (C=O) groups excluding carboxylic acids is 1. The third-order valence-corrected chi connectivity index (χ3v) is 7.12. The standard InChI is InChI=1S/C22H31N3O3S/c1-5-25(6-2)29(27,28)21-17-19(14-13-18(21)3)22(26)23-15-10-16-24(4)20-11-8-7-9-12-20/h7-9,11-14,17H,5-6,10,15-16H2,1-4H3,(H,23,26). The van der Waals surface area contributed by atoms with E-state index in [1.807, 2.05) is 37.4 Å². The summed E-state index contributed by atoms with van der Waals surface area (Å²) in [5.74, 6) is -0.261. The second-order valence-electron chi connectivity index (χ2n) is 6.94. The number of nitrogens with one attached hydrogen (secondary N) is 1. The van der Waals surface area contributed by atoms with Crippen LogP contribution in [0.3, 0.4) is 0 Å². The average molecular weight is 418 g/mol. The Morgan fingerprint density at radius 1 is 1.03 bits per heavy atom. The quantitative estimate of drug-likeness (QED) is 0.603. The van der Waals surface area contributed by atoms with E-state index in [9.17, 15) is 13.2 Å². The lowest BCUT2D eigenvalue weighted by Crippen LogP contribution is -2.32. The molecule has 0 aliphatic carbocycles. The van der Waals surface area contributed by atoms with E-state index in [0.29, 0.717) is 30.8 Å². The van der Waals surface area contributed by atoms with Gasteiger partial charge in [-0.05, 0) is 43.2 Å². The zero-order chi connectivity index (χ0) is 21.4. The number of aryl methyl sites for hydroxylation is 1. The number of hydrogen-bond donors (Lipinski definition) is 1. The van der Waals surface area contributed by atoms with Crippen molar-refractivity contribution in [2.45, 2.75) is 32.1 Å². The van der Waals surface area contributed by atoms with Gasteiger partial charge in [-0.25, -0.2) is 8.42 Å². The van der Waals surface area contributed by atoms with Crippen molar-refractivity contribution in [2.24, 2.45) is 0 Å². The van der Waals surface area contributed by atoms with Gasteiger partial charge in [0.15, 0.2) is 0 Å². The molecule has 0 aromatic heterocycles. The fourth-order valence-electron chi connectivity index (χ4n) is 3.15. The van der Waals surface area contributed by atoms with E-state index in [1.54, 1.807) is 32.9 Å². The van der Waals surface area contributed by atoms with Crippen LogP contribution in [0.15, 0.2) is 53.4 Å². The minimum atomic E-state index is -3.61. The molecule has 0 bridgehead atoms. The van der Waals surface area contributed by atoms with Crippen LogP contribution in [0.4, 0.5) is 5.69 Å². The molecule has 0 aliphatic heterocycles. The first-order valence-electron chi connectivity index (χ1n) is 9.96. The Labute approximate surface area is 174 Å². The Morgan fingerprint density at radius 2 is 1.69 bits per heavy atom. The fourth-order valence-corrected chi connectivity index (χ4v) is 4.86. The molecule has 0 heterocycles. The molecule has 0 aliphatic rings. The number of sulfonamides is 1. The molecular formula is C22H31N3O3S. The normalized spacial score (nSPS) is 11.5. The molecule has 2 rings (SSSR count). The third-order valence-electron chi connectivity index (χ3n) is 4.93. The second kappa shape index (κ2) is 10.4. The van der Waals surface area contributed by atoms with E-state index in [2.05, 4.69) is 10.2 Å². The van der Waals surface area contributed by atoms with Crippen LogP contribution in [-0.2, 0) is 10.0 Å². The van der Waals surface area contributed by atoms with Crippen LogP contribution in [0.2, 0.25) is 0 Å². The molecule has 0 unspecified atom stereocenters. The summed E-state index contributed by atoms with van der Waals surface area (Å²) < 4.78 is 27.1. The van der Waals surface area contributed by atoms with Crippen LogP contribution in [0.25, 0.3) is 0 Å². The number of benzene rings is 2. The molecule has 0 saturated carbocycles. The summed E-state index contributed by atoms with van der Waals surface area (Å²) in [6, 6.07) is 14.9. The molecule has 0 fully saturated rings. The monoisotopic (exact) mass is 417 g/mol. The van der Waals surface area contributed by atoms with Crippen molar-refractivity contribution >= 4 is 21.6 Å². The molecule has 29 heavy (non-hydrogen) atoms. The molecule has 1 N–H and O–H groups in total. The molecule has 0 spiro atoms. The lowest BCUT2D eigenvalue weighted by molar-refractivity contribution is 0.0953. The second-order valence-corrected chi connectivity index (χ2v) is 8.84. The largest absolute Gasteiger partial charge is 0.375 e. The first-order chi connectivity index (χ1) is 13.8. The van der Waals surface area contributed by atoms with Gasteiger partial charge in [0.05, 0.1) is 4.90 Å². The molecule has 0 saturated heterocycles. The van der Waals surface area contributed by atoms with Crippen LogP contribution in [0, 0.1) is 6.92 Å². The lowest BCUT2D eigenvalue weighted by Gasteiger charge is -2.20. The molecule has 2 aromatic carbocycles. The Balaban J connectivity index is 1.99. The van der Waals surface area contributed by atoms with Crippen molar-refractivity contribution in [1.29, 1.82) is 0 Å². The highest BCUT2D eigenvalue weighted by atomic mass is 32.2. The minimum absolute atomic E-state index is 0.192. The van der Waals surface area contributed by atoms with E-state index < -0.39 is 10.0 Å². The Bertz CT molecular complexity index is 910. The number of rotatable bonds is 10. The number of anilines is 1. The van der Waals surface area contributed by atoms with Gasteiger partial charge >= 0.3 is 0 Å². The highest BCUT2D eigenvalue weighted by Crippen LogP contribution is 2.21. The van der Waals surface area contributed by atoms with Crippen LogP contribution in [0.1, 0.15) is 36.2 Å². The van der Waals surface area contributed by atoms with Crippen molar-refractivity contribution in [3.05, 3.63) is 59.7 Å². The van der Waals surface area contributed by atoms with Gasteiger partial charge < -0.3 is 10.2 Å². The lowest BCUT2D eigenvalue weighted by atomic mass is 10.1. The van der Waals surface area contributed by atoms with Crippen LogP contribution < -0.4 is 10.2 Å². The number of amides is 1. The third kappa shape index (κ3) is 5.81. The van der Waals surface area contributed by atoms with Crippen LogP contribution in [0.5, 0.6) is 0 Å². The maximum Gasteiger partial charge on any atom is 0.251 e. The van der Waals surface area contributed by atoms with Gasteiger partial charge in [-0.3, -0.25) is 4.79 Å². The van der Waals surface area contributed by atoms with E-state index in [-0.39, 0.29) is 10.8 Å². The van der Waals surface area contributed by atoms with Gasteiger partial charge in [-0.1, -0.05) is 38.1 Å². The van der Waals surface area contributed by atoms with E-state index in [1.165, 1.54) is 10.4 Å². The summed E-state index contributed by atoms with van der Waals surface area (Å²) in [6.07, 6.45) is 0.785. The molecule has 158 valence electrons. The first-order valence-corrected chi connectivity index (χ1v) is 11.4. The summed E-state index contributed by atoms with van der Waals surface area (Å²) in [5.41, 5.74) is 2.12. The van der Waals surface area contributed by atoms with Crippen molar-refractivity contribution in [2.75, 3.05) is 38.1 Å². The number of para-hydroxylation sites is 1. The summed E-state index contributed by atoms with van der Waals surface area (Å²) in [6.45, 7) is 7.46. The van der Waals surface area contributed by atoms with Crippen molar-refractivity contribution in [3.8, 4) is 0 Å². The van der Waals surface area contributed by atoms with Gasteiger partial charge in [0.2, 0.25) is 10.0 Å². The minimum Gasteiger partial charge on any atom is -0.375 e. The fraction of sp³-hybridized carbons (Fsp3) is 0.409. The smallest absolute Gasteiger partial charge is 0.251 e. The Morgan fingerprint density at radius 3 is 2.31 bits per heavy atom. The van der Waals surface area contributed by atoms with Gasteiger partial charge in [-0.2, -0.15) is 4.31 Å². The first kappa shape index (κ1) is 22.9. The van der Waals surface area contributed by atoms with E-state index in [0.717, 1.165) is 18.7 Å². The SMILES string of the molecule is CCN(CC)S(=O)(=O)c1cc(C(=O)NCCCN(C)c2ccccc2)ccc1C. The van der Waals surface area contributed by atoms with E-state index >= 15 is 0 Å². The number of nitrogens with zero attached hydrogens (tertiary/aromatic N) is 2. The maximum absolute atomic E-state index is 12.8. The van der Waals surface area contributed by atoms with Crippen LogP contribution >= 0.6 is 0 Å². The van der Waals surface area contributed by atoms with E-state index in [4.69, 9.17) is 0 Å². The predicted molar refractivity (Wildman–Crippen MR) is 118 cm³/mol. The average Bonchev–Trinajstić information content (AvgIpc) is 2.72. The molecular weight excluding hydrogens is 386 g/mol. The zero-order valence-electron chi connectivity index (χ0n) is 17.7. The molecule has 7 heteroatoms. The highest BCUT2D eigenvalue weighted by Gasteiger charge is 2.24. The molecule has 6 nitrogen and oxygen atoms in total. The Hall–Kier alpha value is -2.38. The van der Waals surface area contributed by atoms with Gasteiger partial charge in [0.1, 0.15) is 0 Å². The van der Waals surface area contributed by atoms with Crippen molar-refractivity contribution in [1.82, 2.24) is 9.62 Å². The number of hydrogen-bond acceptors (Lipinski definition) is 4. The zero-order valence-corrected chi connectivity index (χ0v) is 18.5. The van der Waals surface area contributed by atoms with Crippen molar-refractivity contribution in [3.63, 3.8) is 0 Å². The molecule has 0 atom stereocenters. The molecule has 1 amide bonds.